The Kier molecular flexibility index (Phi) is 19.3. The first-order chi connectivity index (χ1) is 40.4. The predicted molar refractivity (Wildman–Crippen MR) is 316 cm³/mol. The highest BCUT2D eigenvalue weighted by atomic mass is 16.5. The molecule has 2 aliphatic heterocycles. The summed E-state index contributed by atoms with van der Waals surface area (Å²) >= 11 is 0. The fourth-order valence-corrected chi connectivity index (χ4v) is 9.83. The number of nitrogens with one attached hydrogen (secondary N) is 5. The van der Waals surface area contributed by atoms with Crippen LogP contribution in [0.1, 0.15) is 80.6 Å². The molecular weight excluding hydrogens is 1050 g/mol. The monoisotopic (exact) mass is 1120 g/mol. The summed E-state index contributed by atoms with van der Waals surface area (Å²) in [5.74, 6) is 1.35. The molecule has 0 fully saturated rings. The summed E-state index contributed by atoms with van der Waals surface area (Å²) in [6.07, 6.45) is 12.2. The third kappa shape index (κ3) is 15.0. The van der Waals surface area contributed by atoms with Crippen molar-refractivity contribution in [1.82, 2.24) is 29.7 Å². The molecule has 0 aliphatic carbocycles. The summed E-state index contributed by atoms with van der Waals surface area (Å²) in [5.41, 5.74) is 13.5. The van der Waals surface area contributed by atoms with Crippen LogP contribution in [0.3, 0.4) is 0 Å². The molecule has 2 aliphatic rings. The van der Waals surface area contributed by atoms with Gasteiger partial charge in [0.1, 0.15) is 11.4 Å². The molecule has 20 nitrogen and oxygen atoms in total. The SMILES string of the molecule is COc1cc2c(cc1OC)CN(CCc1ccc(NC(=O)c3ccc(C)cc3NC(=O)c3cnccn3)cc1)CC2.COc1cc2c(cc1OC)CN(CCc1ccc(NC(=O)c3ccc(NO)cc3NC(=O)c3cnccn3)cc1)CC2. The highest BCUT2D eigenvalue weighted by Crippen LogP contribution is 2.35. The molecule has 4 heterocycles. The molecule has 0 bridgehead atoms. The van der Waals surface area contributed by atoms with Gasteiger partial charge in [0.15, 0.2) is 23.0 Å². The largest absolute Gasteiger partial charge is 0.493 e. The van der Waals surface area contributed by atoms with E-state index in [-0.39, 0.29) is 28.5 Å². The lowest BCUT2D eigenvalue weighted by Gasteiger charge is -2.29. The van der Waals surface area contributed by atoms with Crippen LogP contribution in [0.5, 0.6) is 23.0 Å². The molecular formula is C63H65N11O9. The number of ether oxygens (including phenoxy) is 4. The van der Waals surface area contributed by atoms with Gasteiger partial charge in [0, 0.05) is 75.4 Å². The van der Waals surface area contributed by atoms with Gasteiger partial charge in [0.25, 0.3) is 23.6 Å². The van der Waals surface area contributed by atoms with E-state index in [4.69, 9.17) is 18.9 Å². The molecule has 0 spiro atoms. The summed E-state index contributed by atoms with van der Waals surface area (Å²) in [7, 11) is 6.64. The van der Waals surface area contributed by atoms with Crippen molar-refractivity contribution in [3.05, 3.63) is 208 Å². The average molecular weight is 1120 g/mol. The van der Waals surface area contributed by atoms with E-state index in [1.54, 1.807) is 40.6 Å². The van der Waals surface area contributed by atoms with Crippen molar-refractivity contribution in [3.8, 4) is 23.0 Å². The Labute approximate surface area is 481 Å². The van der Waals surface area contributed by atoms with Crippen LogP contribution in [0, 0.1) is 6.92 Å². The number of aryl methyl sites for hydroxylation is 1. The van der Waals surface area contributed by atoms with Crippen LogP contribution in [-0.2, 0) is 38.8 Å². The van der Waals surface area contributed by atoms with Gasteiger partial charge < -0.3 is 40.2 Å². The number of amides is 4. The minimum atomic E-state index is -0.535. The minimum Gasteiger partial charge on any atom is -0.493 e. The molecule has 10 rings (SSSR count). The lowest BCUT2D eigenvalue weighted by Crippen LogP contribution is -2.32. The van der Waals surface area contributed by atoms with Crippen molar-refractivity contribution >= 4 is 52.1 Å². The maximum Gasteiger partial charge on any atom is 0.275 e. The molecule has 0 unspecified atom stereocenters. The maximum atomic E-state index is 13.2. The van der Waals surface area contributed by atoms with Crippen LogP contribution >= 0.6 is 0 Å². The van der Waals surface area contributed by atoms with E-state index in [1.807, 2.05) is 67.0 Å². The van der Waals surface area contributed by atoms with Crippen molar-refractivity contribution in [2.75, 3.05) is 81.4 Å². The minimum absolute atomic E-state index is 0.0931. The number of fused-ring (bicyclic) bond motifs is 2. The number of carbonyl (C=O) groups is 4. The number of hydrogen-bond donors (Lipinski definition) is 6. The molecule has 0 saturated heterocycles. The first kappa shape index (κ1) is 57.9. The summed E-state index contributed by atoms with van der Waals surface area (Å²) in [6, 6.07) is 33.7. The standard InChI is InChI=1S/C32H33N5O4.C31H32N6O5/c1-21-4-9-26(27(16-21)36-32(39)28-19-33-12-13-34-28)31(38)35-25-7-5-22(6-8-25)10-14-37-15-11-23-17-29(40-2)30(41-3)18-24(23)20-37;1-41-28-15-21-10-14-37(19-22(21)16-29(28)42-2)13-9-20-3-5-23(6-4-20)34-30(38)25-8-7-24(36-40)17-26(25)35-31(39)27-18-32-11-12-33-27/h4-9,12-13,16-19H,10-11,14-15,20H2,1-3H3,(H,35,38)(H,36,39);3-8,11-12,15-18,36,40H,9-10,13-14,19H2,1-2H3,(H,34,38)(H,35,39). The number of hydrogen-bond acceptors (Lipinski definition) is 16. The van der Waals surface area contributed by atoms with E-state index < -0.39 is 17.7 Å². The summed E-state index contributed by atoms with van der Waals surface area (Å²) < 4.78 is 21.9. The molecule has 83 heavy (non-hydrogen) atoms. The van der Waals surface area contributed by atoms with Gasteiger partial charge in [-0.05, 0) is 150 Å². The normalized spacial score (nSPS) is 12.7. The second-order valence-electron chi connectivity index (χ2n) is 19.8. The quantitative estimate of drug-likeness (QED) is 0.0413. The topological polar surface area (TPSA) is 244 Å². The molecule has 6 N–H and O–H groups in total. The lowest BCUT2D eigenvalue weighted by molar-refractivity contribution is 0.100. The van der Waals surface area contributed by atoms with Gasteiger partial charge in [0.2, 0.25) is 0 Å². The van der Waals surface area contributed by atoms with Crippen molar-refractivity contribution in [1.29, 1.82) is 0 Å². The van der Waals surface area contributed by atoms with Gasteiger partial charge in [-0.1, -0.05) is 30.3 Å². The summed E-state index contributed by atoms with van der Waals surface area (Å²) in [4.78, 5) is 72.3. The Morgan fingerprint density at radius 2 is 0.892 bits per heavy atom. The van der Waals surface area contributed by atoms with Crippen LogP contribution in [0.25, 0.3) is 0 Å². The number of carbonyl (C=O) groups excluding carboxylic acids is 4. The van der Waals surface area contributed by atoms with Gasteiger partial charge >= 0.3 is 0 Å². The molecule has 4 amide bonds. The Balaban J connectivity index is 0.000000200. The van der Waals surface area contributed by atoms with E-state index in [9.17, 15) is 24.4 Å². The number of anilines is 5. The second-order valence-corrected chi connectivity index (χ2v) is 19.8. The number of methoxy groups -OCH3 is 4. The van der Waals surface area contributed by atoms with E-state index in [0.717, 1.165) is 99.1 Å². The third-order valence-corrected chi connectivity index (χ3v) is 14.4. The van der Waals surface area contributed by atoms with Crippen molar-refractivity contribution in [3.63, 3.8) is 0 Å². The van der Waals surface area contributed by atoms with Crippen LogP contribution in [-0.4, -0.2) is 113 Å². The molecule has 426 valence electrons. The van der Waals surface area contributed by atoms with E-state index in [0.29, 0.717) is 28.3 Å². The Morgan fingerprint density at radius 3 is 1.30 bits per heavy atom. The highest BCUT2D eigenvalue weighted by molar-refractivity contribution is 6.13. The Morgan fingerprint density at radius 1 is 0.482 bits per heavy atom. The molecule has 0 radical (unpaired) electrons. The van der Waals surface area contributed by atoms with Gasteiger partial charge in [-0.3, -0.25) is 49.6 Å². The molecule has 20 heteroatoms. The van der Waals surface area contributed by atoms with E-state index >= 15 is 0 Å². The van der Waals surface area contributed by atoms with E-state index in [2.05, 4.69) is 75.3 Å². The first-order valence-corrected chi connectivity index (χ1v) is 26.9. The van der Waals surface area contributed by atoms with Crippen molar-refractivity contribution in [2.45, 2.75) is 45.7 Å². The first-order valence-electron chi connectivity index (χ1n) is 26.9. The maximum absolute atomic E-state index is 13.2. The van der Waals surface area contributed by atoms with Crippen molar-refractivity contribution < 1.29 is 43.3 Å². The third-order valence-electron chi connectivity index (χ3n) is 14.4. The van der Waals surface area contributed by atoms with Gasteiger partial charge in [-0.25, -0.2) is 9.97 Å². The van der Waals surface area contributed by atoms with Crippen molar-refractivity contribution in [2.24, 2.45) is 0 Å². The number of rotatable bonds is 19. The molecule has 8 aromatic rings. The number of aromatic nitrogens is 4. The smallest absolute Gasteiger partial charge is 0.275 e. The number of benzene rings is 6. The van der Waals surface area contributed by atoms with E-state index in [1.165, 1.54) is 83.2 Å². The summed E-state index contributed by atoms with van der Waals surface area (Å²) in [5, 5.41) is 20.6. The number of nitrogens with zero attached hydrogens (tertiary/aromatic N) is 6. The molecule has 6 aromatic carbocycles. The molecule has 0 atom stereocenters. The zero-order valence-electron chi connectivity index (χ0n) is 46.8. The lowest BCUT2D eigenvalue weighted by atomic mass is 9.98. The van der Waals surface area contributed by atoms with Crippen LogP contribution in [0.4, 0.5) is 28.4 Å². The van der Waals surface area contributed by atoms with Crippen LogP contribution in [0.15, 0.2) is 146 Å². The molecule has 0 saturated carbocycles. The predicted octanol–water partition coefficient (Wildman–Crippen LogP) is 9.31. The fraction of sp³-hybridized carbons (Fsp3) is 0.238. The van der Waals surface area contributed by atoms with Crippen LogP contribution < -0.4 is 45.7 Å². The summed E-state index contributed by atoms with van der Waals surface area (Å²) in [6.45, 7) is 7.41. The zero-order valence-corrected chi connectivity index (χ0v) is 46.8. The second kappa shape index (κ2) is 27.6. The fourth-order valence-electron chi connectivity index (χ4n) is 9.83. The Hall–Kier alpha value is -9.76. The average Bonchev–Trinajstić information content (AvgIpc) is 3.64. The zero-order chi connectivity index (χ0) is 58.2. The Bertz CT molecular complexity index is 3570. The van der Waals surface area contributed by atoms with Gasteiger partial charge in [-0.15, -0.1) is 0 Å². The van der Waals surface area contributed by atoms with Gasteiger partial charge in [-0.2, -0.15) is 0 Å². The van der Waals surface area contributed by atoms with Crippen LogP contribution in [0.2, 0.25) is 0 Å². The highest BCUT2D eigenvalue weighted by Gasteiger charge is 2.23. The molecule has 2 aromatic heterocycles. The van der Waals surface area contributed by atoms with Gasteiger partial charge in [0.05, 0.1) is 69.0 Å².